The van der Waals surface area contributed by atoms with Crippen LogP contribution in [-0.2, 0) is 11.3 Å². The van der Waals surface area contributed by atoms with Crippen LogP contribution < -0.4 is 14.8 Å². The highest BCUT2D eigenvalue weighted by Gasteiger charge is 2.28. The van der Waals surface area contributed by atoms with Crippen LogP contribution in [0.3, 0.4) is 0 Å². The Morgan fingerprint density at radius 3 is 2.47 bits per heavy atom. The smallest absolute Gasteiger partial charge is 0.493 e. The van der Waals surface area contributed by atoms with Crippen LogP contribution in [0.25, 0.3) is 0 Å². The summed E-state index contributed by atoms with van der Waals surface area (Å²) in [5, 5.41) is 2.97. The summed E-state index contributed by atoms with van der Waals surface area (Å²) >= 11 is 0. The van der Waals surface area contributed by atoms with E-state index in [4.69, 9.17) is 9.47 Å². The van der Waals surface area contributed by atoms with Gasteiger partial charge >= 0.3 is 6.36 Å². The van der Waals surface area contributed by atoms with Crippen molar-refractivity contribution >= 4 is 0 Å². The molecular formula is C12H16F3NO3. The molecule has 108 valence electrons. The van der Waals surface area contributed by atoms with Crippen molar-refractivity contribution < 1.29 is 27.4 Å². The minimum atomic E-state index is -4.64. The molecule has 19 heavy (non-hydrogen) atoms. The standard InChI is InChI=1S/C12H16F3NO3/c1-16-8-9-3-4-10(17-2)11(7-9)18-5-6-19-12(13,14)15/h3-4,7,16H,5-6,8H2,1-2H3. The summed E-state index contributed by atoms with van der Waals surface area (Å²) in [7, 11) is 3.26. The predicted molar refractivity (Wildman–Crippen MR) is 63.3 cm³/mol. The van der Waals surface area contributed by atoms with E-state index in [2.05, 4.69) is 10.1 Å². The third-order valence-corrected chi connectivity index (χ3v) is 2.22. The molecule has 0 unspecified atom stereocenters. The number of benzene rings is 1. The fraction of sp³-hybridized carbons (Fsp3) is 0.500. The Hall–Kier alpha value is -1.47. The Labute approximate surface area is 109 Å². The Morgan fingerprint density at radius 2 is 1.89 bits per heavy atom. The quantitative estimate of drug-likeness (QED) is 0.778. The molecule has 0 saturated heterocycles. The SMILES string of the molecule is CNCc1ccc(OC)c(OCCOC(F)(F)F)c1. The predicted octanol–water partition coefficient (Wildman–Crippen LogP) is 2.33. The lowest BCUT2D eigenvalue weighted by Gasteiger charge is -2.13. The van der Waals surface area contributed by atoms with E-state index in [1.54, 1.807) is 19.2 Å². The normalized spacial score (nSPS) is 11.4. The third-order valence-electron chi connectivity index (χ3n) is 2.22. The molecule has 0 spiro atoms. The van der Waals surface area contributed by atoms with Gasteiger partial charge in [0.1, 0.15) is 6.61 Å². The Morgan fingerprint density at radius 1 is 1.16 bits per heavy atom. The molecule has 0 aromatic heterocycles. The highest BCUT2D eigenvalue weighted by Crippen LogP contribution is 2.28. The van der Waals surface area contributed by atoms with E-state index >= 15 is 0 Å². The molecule has 0 saturated carbocycles. The number of halogens is 3. The summed E-state index contributed by atoms with van der Waals surface area (Å²) in [6.45, 7) is -0.152. The van der Waals surface area contributed by atoms with Crippen molar-refractivity contribution in [3.05, 3.63) is 23.8 Å². The molecule has 1 aromatic carbocycles. The first kappa shape index (κ1) is 15.6. The molecule has 0 aliphatic carbocycles. The molecule has 0 fully saturated rings. The van der Waals surface area contributed by atoms with Crippen LogP contribution in [0.15, 0.2) is 18.2 Å². The van der Waals surface area contributed by atoms with Gasteiger partial charge in [0.25, 0.3) is 0 Å². The second kappa shape index (κ2) is 7.20. The van der Waals surface area contributed by atoms with Crippen molar-refractivity contribution in [2.75, 3.05) is 27.4 Å². The van der Waals surface area contributed by atoms with Crippen LogP contribution in [0.2, 0.25) is 0 Å². The van der Waals surface area contributed by atoms with E-state index in [1.165, 1.54) is 7.11 Å². The minimum absolute atomic E-state index is 0.209. The van der Waals surface area contributed by atoms with Crippen LogP contribution in [0.5, 0.6) is 11.5 Å². The van der Waals surface area contributed by atoms with Crippen molar-refractivity contribution in [3.63, 3.8) is 0 Å². The third kappa shape index (κ3) is 5.80. The van der Waals surface area contributed by atoms with Gasteiger partial charge in [-0.2, -0.15) is 0 Å². The van der Waals surface area contributed by atoms with Crippen molar-refractivity contribution in [1.29, 1.82) is 0 Å². The van der Waals surface area contributed by atoms with Gasteiger partial charge in [0.15, 0.2) is 11.5 Å². The number of rotatable bonds is 7. The van der Waals surface area contributed by atoms with Crippen LogP contribution in [0, 0.1) is 0 Å². The molecule has 4 nitrogen and oxygen atoms in total. The first-order valence-corrected chi connectivity index (χ1v) is 5.61. The zero-order valence-corrected chi connectivity index (χ0v) is 10.7. The first-order valence-electron chi connectivity index (χ1n) is 5.61. The average molecular weight is 279 g/mol. The molecule has 0 amide bonds. The Bertz CT molecular complexity index is 396. The van der Waals surface area contributed by atoms with Gasteiger partial charge in [0, 0.05) is 6.54 Å². The second-order valence-electron chi connectivity index (χ2n) is 3.66. The summed E-state index contributed by atoms with van der Waals surface area (Å²) in [5.41, 5.74) is 0.940. The number of hydrogen-bond acceptors (Lipinski definition) is 4. The molecule has 0 bridgehead atoms. The summed E-state index contributed by atoms with van der Waals surface area (Å²) in [5.74, 6) is 0.855. The van der Waals surface area contributed by atoms with E-state index in [1.807, 2.05) is 6.07 Å². The van der Waals surface area contributed by atoms with Gasteiger partial charge in [-0.3, -0.25) is 4.74 Å². The number of hydrogen-bond donors (Lipinski definition) is 1. The van der Waals surface area contributed by atoms with Gasteiger partial charge < -0.3 is 14.8 Å². The maximum Gasteiger partial charge on any atom is 0.522 e. The summed E-state index contributed by atoms with van der Waals surface area (Å²) in [6.07, 6.45) is -4.64. The van der Waals surface area contributed by atoms with E-state index in [9.17, 15) is 13.2 Å². The van der Waals surface area contributed by atoms with Gasteiger partial charge in [0.05, 0.1) is 13.7 Å². The maximum atomic E-state index is 11.8. The maximum absolute atomic E-state index is 11.8. The van der Waals surface area contributed by atoms with Crippen molar-refractivity contribution in [2.24, 2.45) is 0 Å². The summed E-state index contributed by atoms with van der Waals surface area (Å²) < 4.78 is 49.3. The largest absolute Gasteiger partial charge is 0.522 e. The first-order chi connectivity index (χ1) is 8.96. The van der Waals surface area contributed by atoms with Gasteiger partial charge in [0.2, 0.25) is 0 Å². The zero-order valence-electron chi connectivity index (χ0n) is 10.7. The molecular weight excluding hydrogens is 263 g/mol. The average Bonchev–Trinajstić information content (AvgIpc) is 2.34. The molecule has 0 atom stereocenters. The summed E-state index contributed by atoms with van der Waals surface area (Å²) in [4.78, 5) is 0. The summed E-state index contributed by atoms with van der Waals surface area (Å²) in [6, 6.07) is 5.25. The van der Waals surface area contributed by atoms with Crippen molar-refractivity contribution in [3.8, 4) is 11.5 Å². The van der Waals surface area contributed by atoms with Gasteiger partial charge in [-0.05, 0) is 24.7 Å². The number of nitrogens with one attached hydrogen (secondary N) is 1. The van der Waals surface area contributed by atoms with E-state index in [0.717, 1.165) is 5.56 Å². The van der Waals surface area contributed by atoms with Crippen LogP contribution in [-0.4, -0.2) is 33.7 Å². The molecule has 1 aromatic rings. The highest BCUT2D eigenvalue weighted by molar-refractivity contribution is 5.42. The molecule has 7 heteroatoms. The molecule has 0 aliphatic heterocycles. The Balaban J connectivity index is 2.57. The van der Waals surface area contributed by atoms with Gasteiger partial charge in [-0.1, -0.05) is 6.07 Å². The fourth-order valence-corrected chi connectivity index (χ4v) is 1.46. The van der Waals surface area contributed by atoms with Gasteiger partial charge in [-0.15, -0.1) is 13.2 Å². The lowest BCUT2D eigenvalue weighted by molar-refractivity contribution is -0.325. The van der Waals surface area contributed by atoms with Crippen LogP contribution in [0.4, 0.5) is 13.2 Å². The molecule has 1 N–H and O–H groups in total. The fourth-order valence-electron chi connectivity index (χ4n) is 1.46. The van der Waals surface area contributed by atoms with E-state index in [0.29, 0.717) is 18.0 Å². The van der Waals surface area contributed by atoms with Crippen LogP contribution >= 0.6 is 0 Å². The van der Waals surface area contributed by atoms with Crippen LogP contribution in [0.1, 0.15) is 5.56 Å². The van der Waals surface area contributed by atoms with E-state index < -0.39 is 13.0 Å². The van der Waals surface area contributed by atoms with E-state index in [-0.39, 0.29) is 6.61 Å². The van der Waals surface area contributed by atoms with Gasteiger partial charge in [-0.25, -0.2) is 0 Å². The molecule has 0 heterocycles. The van der Waals surface area contributed by atoms with Crippen molar-refractivity contribution in [2.45, 2.75) is 12.9 Å². The number of ether oxygens (including phenoxy) is 3. The topological polar surface area (TPSA) is 39.7 Å². The second-order valence-corrected chi connectivity index (χ2v) is 3.66. The monoisotopic (exact) mass is 279 g/mol. The molecule has 0 aliphatic rings. The lowest BCUT2D eigenvalue weighted by Crippen LogP contribution is -2.18. The Kier molecular flexibility index (Phi) is 5.91. The zero-order chi connectivity index (χ0) is 14.3. The molecule has 0 radical (unpaired) electrons. The number of alkyl halides is 3. The lowest BCUT2D eigenvalue weighted by atomic mass is 10.2. The van der Waals surface area contributed by atoms with Crippen molar-refractivity contribution in [1.82, 2.24) is 5.32 Å². The number of methoxy groups -OCH3 is 1. The molecule has 1 rings (SSSR count). The highest BCUT2D eigenvalue weighted by atomic mass is 19.4. The minimum Gasteiger partial charge on any atom is -0.493 e.